The van der Waals surface area contributed by atoms with Crippen LogP contribution in [0, 0.1) is 0 Å². The number of pyridine rings is 1. The van der Waals surface area contributed by atoms with Gasteiger partial charge in [0.1, 0.15) is 5.82 Å². The fourth-order valence-corrected chi connectivity index (χ4v) is 1.09. The Labute approximate surface area is 85.4 Å². The Morgan fingerprint density at radius 1 is 1.43 bits per heavy atom. The first-order valence-corrected chi connectivity index (χ1v) is 4.75. The van der Waals surface area contributed by atoms with Gasteiger partial charge in [-0.15, -0.1) is 0 Å². The summed E-state index contributed by atoms with van der Waals surface area (Å²) in [5, 5.41) is 9.00. The topological polar surface area (TPSA) is 36.4 Å². The van der Waals surface area contributed by atoms with E-state index in [-0.39, 0.29) is 12.1 Å². The molecule has 1 heterocycles. The second kappa shape index (κ2) is 3.96. The molecule has 78 valence electrons. The average molecular weight is 194 g/mol. The summed E-state index contributed by atoms with van der Waals surface area (Å²) in [5.74, 6) is 0.893. The molecule has 1 rings (SSSR count). The summed E-state index contributed by atoms with van der Waals surface area (Å²) < 4.78 is 0. The normalized spacial score (nSPS) is 11.5. The first kappa shape index (κ1) is 11.0. The molecule has 0 fully saturated rings. The molecule has 0 unspecified atom stereocenters. The predicted octanol–water partition coefficient (Wildman–Crippen LogP) is 1.81. The molecule has 3 nitrogen and oxygen atoms in total. The molecule has 0 bridgehead atoms. The van der Waals surface area contributed by atoms with Crippen molar-refractivity contribution in [1.29, 1.82) is 0 Å². The Morgan fingerprint density at radius 2 is 2.07 bits per heavy atom. The highest BCUT2D eigenvalue weighted by Crippen LogP contribution is 2.19. The van der Waals surface area contributed by atoms with E-state index in [0.717, 1.165) is 11.4 Å². The molecular weight excluding hydrogens is 176 g/mol. The van der Waals surface area contributed by atoms with Crippen molar-refractivity contribution in [2.45, 2.75) is 32.9 Å². The van der Waals surface area contributed by atoms with Crippen molar-refractivity contribution in [3.63, 3.8) is 0 Å². The highest BCUT2D eigenvalue weighted by atomic mass is 16.3. The van der Waals surface area contributed by atoms with Crippen LogP contribution in [0.3, 0.4) is 0 Å². The lowest BCUT2D eigenvalue weighted by Gasteiger charge is -2.33. The van der Waals surface area contributed by atoms with Gasteiger partial charge in [0.25, 0.3) is 0 Å². The van der Waals surface area contributed by atoms with Crippen LogP contribution in [0.4, 0.5) is 5.82 Å². The molecule has 1 aromatic heterocycles. The average Bonchev–Trinajstić information content (AvgIpc) is 2.15. The van der Waals surface area contributed by atoms with Gasteiger partial charge in [-0.3, -0.25) is 0 Å². The molecule has 0 saturated carbocycles. The van der Waals surface area contributed by atoms with Crippen LogP contribution in [0.2, 0.25) is 0 Å². The van der Waals surface area contributed by atoms with Crippen LogP contribution in [0.5, 0.6) is 0 Å². The Morgan fingerprint density at radius 3 is 2.57 bits per heavy atom. The van der Waals surface area contributed by atoms with Gasteiger partial charge in [-0.05, 0) is 38.5 Å². The van der Waals surface area contributed by atoms with E-state index in [0.29, 0.717) is 0 Å². The molecule has 0 radical (unpaired) electrons. The van der Waals surface area contributed by atoms with Crippen molar-refractivity contribution >= 4 is 5.82 Å². The lowest BCUT2D eigenvalue weighted by Crippen LogP contribution is -2.38. The van der Waals surface area contributed by atoms with Crippen LogP contribution in [-0.2, 0) is 6.61 Å². The summed E-state index contributed by atoms with van der Waals surface area (Å²) in [4.78, 5) is 6.36. The molecular formula is C11H18N2O. The standard InChI is InChI=1S/C11H18N2O/c1-11(2,3)13(4)10-7-9(8-14)5-6-12-10/h5-7,14H,8H2,1-4H3. The minimum Gasteiger partial charge on any atom is -0.392 e. The van der Waals surface area contributed by atoms with Crippen LogP contribution in [0.1, 0.15) is 26.3 Å². The van der Waals surface area contributed by atoms with Gasteiger partial charge >= 0.3 is 0 Å². The number of hydrogen-bond donors (Lipinski definition) is 1. The quantitative estimate of drug-likeness (QED) is 0.780. The van der Waals surface area contributed by atoms with E-state index in [1.807, 2.05) is 19.2 Å². The van der Waals surface area contributed by atoms with Crippen LogP contribution in [0.15, 0.2) is 18.3 Å². The monoisotopic (exact) mass is 194 g/mol. The summed E-state index contributed by atoms with van der Waals surface area (Å²) in [7, 11) is 2.00. The molecule has 0 atom stereocenters. The molecule has 0 saturated heterocycles. The van der Waals surface area contributed by atoms with Gasteiger partial charge in [0.15, 0.2) is 0 Å². The van der Waals surface area contributed by atoms with Gasteiger partial charge in [-0.25, -0.2) is 4.98 Å². The number of hydrogen-bond acceptors (Lipinski definition) is 3. The second-order valence-corrected chi connectivity index (χ2v) is 4.41. The number of aliphatic hydroxyl groups is 1. The van der Waals surface area contributed by atoms with Crippen molar-refractivity contribution < 1.29 is 5.11 Å². The van der Waals surface area contributed by atoms with Gasteiger partial charge < -0.3 is 10.0 Å². The van der Waals surface area contributed by atoms with Gasteiger partial charge in [-0.1, -0.05) is 0 Å². The number of anilines is 1. The Balaban J connectivity index is 2.95. The molecule has 3 heteroatoms. The van der Waals surface area contributed by atoms with Crippen LogP contribution < -0.4 is 4.90 Å². The molecule has 1 N–H and O–H groups in total. The zero-order valence-corrected chi connectivity index (χ0v) is 9.28. The van der Waals surface area contributed by atoms with E-state index in [2.05, 4.69) is 30.7 Å². The first-order valence-electron chi connectivity index (χ1n) is 4.75. The van der Waals surface area contributed by atoms with Crippen LogP contribution in [0.25, 0.3) is 0 Å². The maximum Gasteiger partial charge on any atom is 0.128 e. The Kier molecular flexibility index (Phi) is 3.11. The van der Waals surface area contributed by atoms with Crippen molar-refractivity contribution in [3.05, 3.63) is 23.9 Å². The van der Waals surface area contributed by atoms with E-state index >= 15 is 0 Å². The van der Waals surface area contributed by atoms with Crippen LogP contribution >= 0.6 is 0 Å². The van der Waals surface area contributed by atoms with E-state index in [4.69, 9.17) is 5.11 Å². The minimum atomic E-state index is 0.0427. The molecule has 1 aromatic rings. The largest absolute Gasteiger partial charge is 0.392 e. The van der Waals surface area contributed by atoms with Gasteiger partial charge in [0.2, 0.25) is 0 Å². The molecule has 0 spiro atoms. The maximum absolute atomic E-state index is 9.00. The zero-order valence-electron chi connectivity index (χ0n) is 9.28. The highest BCUT2D eigenvalue weighted by Gasteiger charge is 2.18. The predicted molar refractivity (Wildman–Crippen MR) is 58.3 cm³/mol. The summed E-state index contributed by atoms with van der Waals surface area (Å²) in [6.07, 6.45) is 1.73. The number of nitrogens with zero attached hydrogens (tertiary/aromatic N) is 2. The Bertz CT molecular complexity index is 304. The van der Waals surface area contributed by atoms with Gasteiger partial charge in [-0.2, -0.15) is 0 Å². The van der Waals surface area contributed by atoms with E-state index < -0.39 is 0 Å². The first-order chi connectivity index (χ1) is 6.45. The summed E-state index contributed by atoms with van der Waals surface area (Å²) in [6, 6.07) is 3.73. The third-order valence-electron chi connectivity index (χ3n) is 2.34. The second-order valence-electron chi connectivity index (χ2n) is 4.41. The molecule has 0 aromatic carbocycles. The molecule has 0 aliphatic rings. The molecule has 0 aliphatic carbocycles. The number of rotatable bonds is 2. The van der Waals surface area contributed by atoms with Crippen molar-refractivity contribution in [2.24, 2.45) is 0 Å². The fourth-order valence-electron chi connectivity index (χ4n) is 1.09. The fraction of sp³-hybridized carbons (Fsp3) is 0.545. The third kappa shape index (κ3) is 2.45. The molecule has 0 aliphatic heterocycles. The lowest BCUT2D eigenvalue weighted by atomic mass is 10.1. The zero-order chi connectivity index (χ0) is 10.8. The van der Waals surface area contributed by atoms with Crippen molar-refractivity contribution in [1.82, 2.24) is 4.98 Å². The molecule has 0 amide bonds. The van der Waals surface area contributed by atoms with Gasteiger partial charge in [0.05, 0.1) is 6.61 Å². The van der Waals surface area contributed by atoms with Gasteiger partial charge in [0, 0.05) is 18.8 Å². The number of aromatic nitrogens is 1. The van der Waals surface area contributed by atoms with Crippen molar-refractivity contribution in [3.8, 4) is 0 Å². The van der Waals surface area contributed by atoms with E-state index in [9.17, 15) is 0 Å². The summed E-state index contributed by atoms with van der Waals surface area (Å²) in [6.45, 7) is 6.44. The van der Waals surface area contributed by atoms with E-state index in [1.54, 1.807) is 6.20 Å². The highest BCUT2D eigenvalue weighted by molar-refractivity contribution is 5.42. The smallest absolute Gasteiger partial charge is 0.128 e. The minimum absolute atomic E-state index is 0.0427. The summed E-state index contributed by atoms with van der Waals surface area (Å²) >= 11 is 0. The van der Waals surface area contributed by atoms with E-state index in [1.165, 1.54) is 0 Å². The SMILES string of the molecule is CN(c1cc(CO)ccn1)C(C)(C)C. The third-order valence-corrected chi connectivity index (χ3v) is 2.34. The molecule has 14 heavy (non-hydrogen) atoms. The maximum atomic E-state index is 9.00. The van der Waals surface area contributed by atoms with Crippen molar-refractivity contribution in [2.75, 3.05) is 11.9 Å². The van der Waals surface area contributed by atoms with Crippen LogP contribution in [-0.4, -0.2) is 22.7 Å². The number of aliphatic hydroxyl groups excluding tert-OH is 1. The summed E-state index contributed by atoms with van der Waals surface area (Å²) in [5.41, 5.74) is 0.937. The Hall–Kier alpha value is -1.09. The lowest BCUT2D eigenvalue weighted by molar-refractivity contribution is 0.281.